The third kappa shape index (κ3) is 8.61. The van der Waals surface area contributed by atoms with Crippen LogP contribution in [0.3, 0.4) is 0 Å². The van der Waals surface area contributed by atoms with E-state index in [1.54, 1.807) is 31.6 Å². The molecule has 11 heteroatoms. The van der Waals surface area contributed by atoms with Gasteiger partial charge in [0.05, 0.1) is 12.1 Å². The van der Waals surface area contributed by atoms with Gasteiger partial charge in [-0.1, -0.05) is 42.5 Å². The van der Waals surface area contributed by atoms with Crippen molar-refractivity contribution in [3.05, 3.63) is 105 Å². The number of aromatic nitrogens is 3. The highest BCUT2D eigenvalue weighted by Crippen LogP contribution is 2.35. The van der Waals surface area contributed by atoms with Gasteiger partial charge in [-0.3, -0.25) is 28.8 Å². The number of nitrogens with zero attached hydrogens (tertiary/aromatic N) is 4. The highest BCUT2D eigenvalue weighted by molar-refractivity contribution is 9.10. The number of hydrogen-bond acceptors (Lipinski definition) is 8. The van der Waals surface area contributed by atoms with Crippen LogP contribution in [0.25, 0.3) is 11.3 Å². The minimum Gasteiger partial charge on any atom is -0.462 e. The zero-order valence-electron chi connectivity index (χ0n) is 25.7. The van der Waals surface area contributed by atoms with Crippen molar-refractivity contribution < 1.29 is 14.3 Å². The maximum absolute atomic E-state index is 13.7. The lowest BCUT2D eigenvalue weighted by Gasteiger charge is -2.21. The molecule has 0 unspecified atom stereocenters. The molecule has 2 aromatic carbocycles. The fourth-order valence-corrected chi connectivity index (χ4v) is 5.06. The van der Waals surface area contributed by atoms with E-state index >= 15 is 0 Å². The van der Waals surface area contributed by atoms with Crippen molar-refractivity contribution in [3.63, 3.8) is 0 Å². The van der Waals surface area contributed by atoms with Gasteiger partial charge < -0.3 is 15.8 Å². The quantitative estimate of drug-likeness (QED) is 0.191. The predicted molar refractivity (Wildman–Crippen MR) is 178 cm³/mol. The maximum Gasteiger partial charge on any atom is 0.293 e. The van der Waals surface area contributed by atoms with Crippen LogP contribution < -0.4 is 21.5 Å². The van der Waals surface area contributed by atoms with Crippen LogP contribution in [0.5, 0.6) is 0 Å². The van der Waals surface area contributed by atoms with Gasteiger partial charge in [-0.15, -0.1) is 0 Å². The number of carbonyl (C=O) groups is 2. The van der Waals surface area contributed by atoms with Crippen LogP contribution in [0, 0.1) is 0 Å². The number of halogens is 1. The Hall–Kier alpha value is -4.35. The monoisotopic (exact) mass is 662 g/mol. The molecule has 0 atom stereocenters. The molecule has 0 saturated heterocycles. The summed E-state index contributed by atoms with van der Waals surface area (Å²) < 4.78 is 6.75. The van der Waals surface area contributed by atoms with E-state index in [0.717, 1.165) is 28.4 Å². The summed E-state index contributed by atoms with van der Waals surface area (Å²) in [7, 11) is 3.18. The second-order valence-electron chi connectivity index (χ2n) is 10.7. The zero-order valence-corrected chi connectivity index (χ0v) is 27.3. The number of aryl methyl sites for hydroxylation is 1. The summed E-state index contributed by atoms with van der Waals surface area (Å²) >= 11 is 3.48. The maximum atomic E-state index is 13.7. The Morgan fingerprint density at radius 3 is 2.30 bits per heavy atom. The van der Waals surface area contributed by atoms with E-state index < -0.39 is 0 Å². The van der Waals surface area contributed by atoms with E-state index in [4.69, 9.17) is 4.98 Å². The Balaban J connectivity index is 0.000000520. The number of hydrogen-bond donors (Lipinski definition) is 2. The number of benzene rings is 2. The Morgan fingerprint density at radius 1 is 1.02 bits per heavy atom. The molecule has 3 heterocycles. The molecule has 0 saturated carbocycles. The lowest BCUT2D eigenvalue weighted by molar-refractivity contribution is -0.138. The number of amides is 1. The number of rotatable bonds is 8. The normalized spacial score (nSPS) is 11.9. The average molecular weight is 664 g/mol. The molecule has 0 fully saturated rings. The fourth-order valence-electron chi connectivity index (χ4n) is 4.48. The first-order chi connectivity index (χ1) is 21.1. The van der Waals surface area contributed by atoms with Crippen LogP contribution in [-0.2, 0) is 29.5 Å². The van der Waals surface area contributed by atoms with Crippen LogP contribution in [0.1, 0.15) is 48.7 Å². The van der Waals surface area contributed by atoms with Crippen LogP contribution in [-0.4, -0.2) is 46.1 Å². The molecule has 2 aromatic heterocycles. The summed E-state index contributed by atoms with van der Waals surface area (Å²) in [4.78, 5) is 47.1. The Morgan fingerprint density at radius 2 is 1.70 bits per heavy atom. The first-order valence-corrected chi connectivity index (χ1v) is 15.0. The zero-order chi connectivity index (χ0) is 32.3. The molecule has 1 aliphatic rings. The van der Waals surface area contributed by atoms with Gasteiger partial charge in [-0.05, 0) is 85.9 Å². The highest BCUT2D eigenvalue weighted by Gasteiger charge is 2.34. The fraction of sp³-hybridized carbons (Fsp3) is 0.303. The van der Waals surface area contributed by atoms with Crippen LogP contribution in [0.15, 0.2) is 82.3 Å². The van der Waals surface area contributed by atoms with Gasteiger partial charge in [0.25, 0.3) is 17.9 Å². The van der Waals surface area contributed by atoms with Crippen molar-refractivity contribution >= 4 is 39.9 Å². The minimum absolute atomic E-state index is 0.217. The third-order valence-electron chi connectivity index (χ3n) is 6.55. The van der Waals surface area contributed by atoms with Crippen LogP contribution >= 0.6 is 15.9 Å². The van der Waals surface area contributed by atoms with Gasteiger partial charge in [0.15, 0.2) is 0 Å². The molecule has 3 N–H and O–H groups in total. The molecule has 1 aliphatic heterocycles. The number of pyridine rings is 1. The topological polar surface area (TPSA) is 132 Å². The molecule has 232 valence electrons. The second kappa shape index (κ2) is 15.9. The lowest BCUT2D eigenvalue weighted by Crippen LogP contribution is -2.34. The van der Waals surface area contributed by atoms with Crippen molar-refractivity contribution in [2.24, 2.45) is 12.8 Å². The lowest BCUT2D eigenvalue weighted by atomic mass is 10.1. The molecule has 0 bridgehead atoms. The minimum atomic E-state index is -0.318. The molecule has 5 rings (SSSR count). The van der Waals surface area contributed by atoms with Crippen molar-refractivity contribution in [2.45, 2.75) is 45.8 Å². The highest BCUT2D eigenvalue weighted by atomic mass is 79.9. The number of nitrogens with one attached hydrogen (secondary N) is 1. The summed E-state index contributed by atoms with van der Waals surface area (Å²) in [5.74, 6) is 0.245. The third-order valence-corrected chi connectivity index (χ3v) is 7.21. The number of carbonyl (C=O) groups excluding carboxylic acids is 2. The van der Waals surface area contributed by atoms with E-state index in [9.17, 15) is 14.4 Å². The Bertz CT molecular complexity index is 1600. The van der Waals surface area contributed by atoms with Crippen LogP contribution in [0.4, 0.5) is 11.6 Å². The summed E-state index contributed by atoms with van der Waals surface area (Å²) in [6.45, 7) is 6.89. The van der Waals surface area contributed by atoms with Gasteiger partial charge >= 0.3 is 0 Å². The van der Waals surface area contributed by atoms with Gasteiger partial charge in [0.2, 0.25) is 5.95 Å². The van der Waals surface area contributed by atoms with E-state index in [0.29, 0.717) is 36.8 Å². The number of fused-ring (bicyclic) bond motifs is 1. The van der Waals surface area contributed by atoms with E-state index in [1.165, 1.54) is 22.1 Å². The molecule has 0 radical (unpaired) electrons. The van der Waals surface area contributed by atoms with Gasteiger partial charge in [0, 0.05) is 36.0 Å². The molecule has 10 nitrogen and oxygen atoms in total. The molecule has 4 aromatic rings. The summed E-state index contributed by atoms with van der Waals surface area (Å²) in [5.41, 5.74) is 8.06. The van der Waals surface area contributed by atoms with Gasteiger partial charge in [0.1, 0.15) is 17.0 Å². The summed E-state index contributed by atoms with van der Waals surface area (Å²) in [6, 6.07) is 19.5. The van der Waals surface area contributed by atoms with Crippen molar-refractivity contribution in [1.82, 2.24) is 14.5 Å². The summed E-state index contributed by atoms with van der Waals surface area (Å²) in [6.07, 6.45) is 5.12. The van der Waals surface area contributed by atoms with E-state index in [2.05, 4.69) is 48.8 Å². The van der Waals surface area contributed by atoms with E-state index in [1.807, 2.05) is 57.2 Å². The Kier molecular flexibility index (Phi) is 12.4. The van der Waals surface area contributed by atoms with E-state index in [-0.39, 0.29) is 22.8 Å². The van der Waals surface area contributed by atoms with Crippen molar-refractivity contribution in [2.75, 3.05) is 23.8 Å². The SMILES string of the molecule is CC(C)(C)OC=O.CN.Cn1c(NCCCc2ccccc2)nc(-c2ccncc2)c(N2Cc3cccc(Br)c3C2=O)c1=O. The van der Waals surface area contributed by atoms with Crippen molar-refractivity contribution in [3.8, 4) is 11.3 Å². The smallest absolute Gasteiger partial charge is 0.293 e. The average Bonchev–Trinajstić information content (AvgIpc) is 3.35. The first-order valence-electron chi connectivity index (χ1n) is 14.2. The predicted octanol–water partition coefficient (Wildman–Crippen LogP) is 5.34. The molecule has 0 aliphatic carbocycles. The molecule has 1 amide bonds. The number of ether oxygens (including phenoxy) is 1. The molecule has 44 heavy (non-hydrogen) atoms. The number of nitrogens with two attached hydrogens (primary N) is 1. The van der Waals surface area contributed by atoms with Gasteiger partial charge in [-0.25, -0.2) is 4.98 Å². The number of anilines is 2. The van der Waals surface area contributed by atoms with Crippen LogP contribution in [0.2, 0.25) is 0 Å². The molecular weight excluding hydrogens is 624 g/mol. The van der Waals surface area contributed by atoms with Gasteiger partial charge in [-0.2, -0.15) is 0 Å². The van der Waals surface area contributed by atoms with Crippen molar-refractivity contribution in [1.29, 1.82) is 0 Å². The second-order valence-corrected chi connectivity index (χ2v) is 11.6. The standard InChI is InChI=1S/C27H24BrN5O2.C5H10O2.CH5N/c1-32-26(35)24(33-17-20-10-5-11-21(28)22(20)25(33)34)23(19-12-15-29-16-13-19)31-27(32)30-14-6-9-18-7-3-2-4-8-18;1-5(2,3)7-4-6;1-2/h2-5,7-8,10-13,15-16H,6,9,14,17H2,1H3,(H,30,31);4H,1-3H3;2H2,1H3. The first kappa shape index (κ1) is 34.1. The molecule has 0 spiro atoms. The largest absolute Gasteiger partial charge is 0.462 e. The molecular formula is C33H39BrN6O4. The summed E-state index contributed by atoms with van der Waals surface area (Å²) in [5, 5.41) is 3.31. The Labute approximate surface area is 266 Å².